The third-order valence-electron chi connectivity index (χ3n) is 5.12. The van der Waals surface area contributed by atoms with Crippen molar-refractivity contribution in [1.82, 2.24) is 0 Å². The zero-order valence-electron chi connectivity index (χ0n) is 15.4. The average Bonchev–Trinajstić information content (AvgIpc) is 2.94. The number of benzene rings is 3. The van der Waals surface area contributed by atoms with E-state index < -0.39 is 7.14 Å². The Hall–Kier alpha value is -2.37. The predicted octanol–water partition coefficient (Wildman–Crippen LogP) is 6.40. The molecule has 3 aromatic rings. The van der Waals surface area contributed by atoms with Crippen LogP contribution < -0.4 is 5.30 Å². The SMILES string of the molecule is CC(C)(C)[P@@]1(=O)C(c2ccccc2)=C(c2ccccc2)c2ccccc21. The van der Waals surface area contributed by atoms with Gasteiger partial charge in [-0.1, -0.05) is 106 Å². The minimum absolute atomic E-state index is 0.356. The third-order valence-corrected chi connectivity index (χ3v) is 9.19. The lowest BCUT2D eigenvalue weighted by Gasteiger charge is -2.31. The molecule has 3 aromatic carbocycles. The molecule has 2 heteroatoms. The molecule has 0 saturated carbocycles. The minimum atomic E-state index is -2.82. The first kappa shape index (κ1) is 17.1. The van der Waals surface area contributed by atoms with Gasteiger partial charge in [-0.3, -0.25) is 0 Å². The summed E-state index contributed by atoms with van der Waals surface area (Å²) in [5.41, 5.74) is 4.41. The maximum Gasteiger partial charge on any atom is 0.150 e. The Balaban J connectivity index is 2.17. The van der Waals surface area contributed by atoms with Gasteiger partial charge in [0.15, 0.2) is 0 Å². The van der Waals surface area contributed by atoms with Crippen LogP contribution in [0.15, 0.2) is 84.9 Å². The van der Waals surface area contributed by atoms with Crippen LogP contribution in [0.1, 0.15) is 37.5 Å². The fourth-order valence-corrected chi connectivity index (χ4v) is 7.41. The first-order valence-electron chi connectivity index (χ1n) is 9.00. The minimum Gasteiger partial charge on any atom is -0.313 e. The first-order chi connectivity index (χ1) is 12.4. The van der Waals surface area contributed by atoms with E-state index in [4.69, 9.17) is 0 Å². The van der Waals surface area contributed by atoms with Gasteiger partial charge in [0, 0.05) is 21.3 Å². The Bertz CT molecular complexity index is 1020. The molecule has 0 fully saturated rings. The van der Waals surface area contributed by atoms with Crippen molar-refractivity contribution in [2.75, 3.05) is 0 Å². The van der Waals surface area contributed by atoms with E-state index in [9.17, 15) is 4.57 Å². The van der Waals surface area contributed by atoms with Crippen LogP contribution in [0.4, 0.5) is 0 Å². The van der Waals surface area contributed by atoms with Crippen molar-refractivity contribution in [2.24, 2.45) is 0 Å². The molecule has 0 radical (unpaired) electrons. The Morgan fingerprint density at radius 1 is 0.654 bits per heavy atom. The van der Waals surface area contributed by atoms with Crippen LogP contribution in [0, 0.1) is 0 Å². The Morgan fingerprint density at radius 3 is 1.73 bits per heavy atom. The molecular weight excluding hydrogens is 335 g/mol. The fourth-order valence-electron chi connectivity index (χ4n) is 3.88. The van der Waals surface area contributed by atoms with Gasteiger partial charge in [-0.15, -0.1) is 0 Å². The molecule has 0 N–H and O–H groups in total. The highest BCUT2D eigenvalue weighted by Gasteiger charge is 2.49. The van der Waals surface area contributed by atoms with E-state index in [2.05, 4.69) is 57.2 Å². The average molecular weight is 358 g/mol. The Kier molecular flexibility index (Phi) is 4.01. The zero-order valence-corrected chi connectivity index (χ0v) is 16.3. The van der Waals surface area contributed by atoms with Crippen molar-refractivity contribution in [2.45, 2.75) is 25.9 Å². The molecule has 4 rings (SSSR count). The smallest absolute Gasteiger partial charge is 0.150 e. The van der Waals surface area contributed by atoms with E-state index in [0.29, 0.717) is 0 Å². The molecule has 1 heterocycles. The summed E-state index contributed by atoms with van der Waals surface area (Å²) in [6.45, 7) is 6.30. The number of hydrogen-bond acceptors (Lipinski definition) is 1. The summed E-state index contributed by atoms with van der Waals surface area (Å²) >= 11 is 0. The summed E-state index contributed by atoms with van der Waals surface area (Å²) in [5, 5.41) is 1.63. The molecule has 1 aliphatic rings. The molecule has 0 bridgehead atoms. The van der Waals surface area contributed by atoms with E-state index in [-0.39, 0.29) is 5.16 Å². The van der Waals surface area contributed by atoms with Gasteiger partial charge < -0.3 is 4.57 Å². The van der Waals surface area contributed by atoms with E-state index >= 15 is 0 Å². The highest BCUT2D eigenvalue weighted by molar-refractivity contribution is 7.83. The molecule has 0 amide bonds. The Labute approximate surface area is 155 Å². The van der Waals surface area contributed by atoms with Gasteiger partial charge in [-0.25, -0.2) is 0 Å². The van der Waals surface area contributed by atoms with Crippen LogP contribution >= 0.6 is 7.14 Å². The zero-order chi connectivity index (χ0) is 18.4. The van der Waals surface area contributed by atoms with E-state index in [1.54, 1.807) is 0 Å². The summed E-state index contributed by atoms with van der Waals surface area (Å²) in [5.74, 6) is 0. The molecule has 0 saturated heterocycles. The Morgan fingerprint density at radius 2 is 1.15 bits per heavy atom. The molecule has 1 nitrogen and oxygen atoms in total. The topological polar surface area (TPSA) is 17.1 Å². The van der Waals surface area contributed by atoms with E-state index in [1.807, 2.05) is 48.5 Å². The van der Waals surface area contributed by atoms with Crippen LogP contribution in [0.3, 0.4) is 0 Å². The maximum absolute atomic E-state index is 14.7. The van der Waals surface area contributed by atoms with Crippen molar-refractivity contribution in [3.63, 3.8) is 0 Å². The normalized spacial score (nSPS) is 19.5. The number of rotatable bonds is 2. The van der Waals surface area contributed by atoms with Crippen LogP contribution in [-0.2, 0) is 4.57 Å². The standard InChI is InChI=1S/C24H23OP/c1-24(2,3)26(25)21-17-11-10-16-20(21)22(18-12-6-4-7-13-18)23(26)19-14-8-5-9-15-19/h4-17H,1-3H3/t26-/m0/s1. The van der Waals surface area contributed by atoms with Crippen molar-refractivity contribution in [3.8, 4) is 0 Å². The largest absolute Gasteiger partial charge is 0.313 e. The molecule has 26 heavy (non-hydrogen) atoms. The van der Waals surface area contributed by atoms with Crippen molar-refractivity contribution < 1.29 is 4.57 Å². The van der Waals surface area contributed by atoms with Crippen LogP contribution in [0.2, 0.25) is 0 Å². The van der Waals surface area contributed by atoms with Gasteiger partial charge in [0.2, 0.25) is 0 Å². The summed E-state index contributed by atoms with van der Waals surface area (Å²) in [7, 11) is -2.82. The van der Waals surface area contributed by atoms with E-state index in [0.717, 1.165) is 32.9 Å². The summed E-state index contributed by atoms with van der Waals surface area (Å²) in [4.78, 5) is 0. The lowest BCUT2D eigenvalue weighted by Crippen LogP contribution is -2.22. The van der Waals surface area contributed by atoms with Gasteiger partial charge >= 0.3 is 0 Å². The summed E-state index contributed by atoms with van der Waals surface area (Å²) in [6, 6.07) is 28.8. The molecule has 0 spiro atoms. The molecule has 0 aliphatic carbocycles. The van der Waals surface area contributed by atoms with Gasteiger partial charge in [0.25, 0.3) is 0 Å². The van der Waals surface area contributed by atoms with Crippen molar-refractivity contribution >= 4 is 23.3 Å². The highest BCUT2D eigenvalue weighted by Crippen LogP contribution is 2.72. The van der Waals surface area contributed by atoms with Crippen LogP contribution in [0.25, 0.3) is 10.9 Å². The van der Waals surface area contributed by atoms with Crippen LogP contribution in [0.5, 0.6) is 0 Å². The predicted molar refractivity (Wildman–Crippen MR) is 112 cm³/mol. The highest BCUT2D eigenvalue weighted by atomic mass is 31.2. The molecule has 0 aromatic heterocycles. The van der Waals surface area contributed by atoms with Gasteiger partial charge in [0.05, 0.1) is 0 Å². The third kappa shape index (κ3) is 2.42. The van der Waals surface area contributed by atoms with E-state index in [1.165, 1.54) is 0 Å². The summed E-state index contributed by atoms with van der Waals surface area (Å²) in [6.07, 6.45) is 0. The quantitative estimate of drug-likeness (QED) is 0.484. The monoisotopic (exact) mass is 358 g/mol. The van der Waals surface area contributed by atoms with Crippen molar-refractivity contribution in [3.05, 3.63) is 102 Å². The lowest BCUT2D eigenvalue weighted by atomic mass is 9.96. The molecule has 0 unspecified atom stereocenters. The summed E-state index contributed by atoms with van der Waals surface area (Å²) < 4.78 is 14.7. The van der Waals surface area contributed by atoms with Gasteiger partial charge in [-0.05, 0) is 16.7 Å². The second-order valence-electron chi connectivity index (χ2n) is 7.75. The number of hydrogen-bond donors (Lipinski definition) is 0. The molecule has 1 atom stereocenters. The molecule has 130 valence electrons. The number of fused-ring (bicyclic) bond motifs is 1. The second kappa shape index (κ2) is 6.11. The van der Waals surface area contributed by atoms with Gasteiger partial charge in [0.1, 0.15) is 7.14 Å². The van der Waals surface area contributed by atoms with Gasteiger partial charge in [-0.2, -0.15) is 0 Å². The lowest BCUT2D eigenvalue weighted by molar-refractivity contribution is 0.565. The maximum atomic E-state index is 14.7. The first-order valence-corrected chi connectivity index (χ1v) is 10.7. The molecule has 1 aliphatic heterocycles. The van der Waals surface area contributed by atoms with Crippen molar-refractivity contribution in [1.29, 1.82) is 0 Å². The molecular formula is C24H23OP. The fraction of sp³-hybridized carbons (Fsp3) is 0.167. The second-order valence-corrected chi connectivity index (χ2v) is 11.2. The van der Waals surface area contributed by atoms with Crippen LogP contribution in [-0.4, -0.2) is 5.16 Å².